The molecule has 15 heavy (non-hydrogen) atoms. The summed E-state index contributed by atoms with van der Waals surface area (Å²) in [6.07, 6.45) is 8.07. The van der Waals surface area contributed by atoms with Crippen LogP contribution in [-0.4, -0.2) is 27.0 Å². The van der Waals surface area contributed by atoms with E-state index in [1.165, 1.54) is 6.20 Å². The smallest absolute Gasteiger partial charge is 0.255 e. The van der Waals surface area contributed by atoms with Gasteiger partial charge in [-0.05, 0) is 0 Å². The van der Waals surface area contributed by atoms with Crippen molar-refractivity contribution >= 4 is 11.4 Å². The normalized spacial score (nSPS) is 10.1. The van der Waals surface area contributed by atoms with Crippen molar-refractivity contribution in [3.63, 3.8) is 0 Å². The fourth-order valence-electron chi connectivity index (χ4n) is 1.27. The summed E-state index contributed by atoms with van der Waals surface area (Å²) in [5.74, 6) is -0.169. The quantitative estimate of drug-likeness (QED) is 0.743. The fraction of sp³-hybridized carbons (Fsp3) is 0.100. The first-order valence-corrected chi connectivity index (χ1v) is 4.49. The molecule has 1 N–H and O–H groups in total. The number of aromatic nitrogens is 3. The molecule has 2 aromatic rings. The number of carbonyl (C=O) groups excluding carboxylic acids is 1. The summed E-state index contributed by atoms with van der Waals surface area (Å²) >= 11 is 0. The van der Waals surface area contributed by atoms with Crippen LogP contribution in [0.1, 0.15) is 10.4 Å². The minimum atomic E-state index is -0.169. The van der Waals surface area contributed by atoms with E-state index in [1.54, 1.807) is 29.2 Å². The fourth-order valence-corrected chi connectivity index (χ4v) is 1.27. The Labute approximate surface area is 86.4 Å². The molecule has 0 saturated carbocycles. The molecule has 1 amide bonds. The lowest BCUT2D eigenvalue weighted by Crippen LogP contribution is -2.22. The van der Waals surface area contributed by atoms with Crippen LogP contribution < -0.4 is 5.32 Å². The maximum absolute atomic E-state index is 11.6. The Balaban J connectivity index is 2.35. The predicted molar refractivity (Wildman–Crippen MR) is 55.5 cm³/mol. The molecule has 0 aliphatic rings. The van der Waals surface area contributed by atoms with Crippen molar-refractivity contribution in [2.75, 3.05) is 6.54 Å². The lowest BCUT2D eigenvalue weighted by atomic mass is 10.3. The van der Waals surface area contributed by atoms with Gasteiger partial charge in [-0.2, -0.15) is 5.10 Å². The standard InChI is InChI=1S/C10H10N4O/c1-2-3-12-10(15)8-6-13-14-5-4-11-7-9(8)14/h2,4-7H,1,3H2,(H,12,15). The monoisotopic (exact) mass is 202 g/mol. The Kier molecular flexibility index (Phi) is 2.45. The number of nitrogens with zero attached hydrogens (tertiary/aromatic N) is 3. The first-order valence-electron chi connectivity index (χ1n) is 4.49. The Morgan fingerprint density at radius 3 is 3.27 bits per heavy atom. The Morgan fingerprint density at radius 1 is 1.60 bits per heavy atom. The SMILES string of the molecule is C=CCNC(=O)c1cnn2ccncc12. The Bertz CT molecular complexity index is 503. The third-order valence-electron chi connectivity index (χ3n) is 1.98. The van der Waals surface area contributed by atoms with Crippen molar-refractivity contribution in [2.24, 2.45) is 0 Å². The highest BCUT2D eigenvalue weighted by molar-refractivity contribution is 6.00. The zero-order valence-corrected chi connectivity index (χ0v) is 8.05. The number of nitrogens with one attached hydrogen (secondary N) is 1. The number of rotatable bonds is 3. The summed E-state index contributed by atoms with van der Waals surface area (Å²) in [4.78, 5) is 15.6. The zero-order valence-electron chi connectivity index (χ0n) is 8.05. The second-order valence-corrected chi connectivity index (χ2v) is 2.96. The van der Waals surface area contributed by atoms with Gasteiger partial charge in [0, 0.05) is 18.9 Å². The molecule has 0 fully saturated rings. The van der Waals surface area contributed by atoms with Crippen molar-refractivity contribution in [3.8, 4) is 0 Å². The summed E-state index contributed by atoms with van der Waals surface area (Å²) in [5.41, 5.74) is 1.21. The van der Waals surface area contributed by atoms with E-state index in [4.69, 9.17) is 0 Å². The van der Waals surface area contributed by atoms with E-state index in [2.05, 4.69) is 22.0 Å². The lowest BCUT2D eigenvalue weighted by Gasteiger charge is -1.99. The van der Waals surface area contributed by atoms with Gasteiger partial charge in [0.2, 0.25) is 0 Å². The number of carbonyl (C=O) groups is 1. The number of amides is 1. The minimum absolute atomic E-state index is 0.169. The van der Waals surface area contributed by atoms with Crippen LogP contribution in [-0.2, 0) is 0 Å². The molecule has 0 spiro atoms. The van der Waals surface area contributed by atoms with E-state index in [0.29, 0.717) is 17.6 Å². The number of hydrogen-bond donors (Lipinski definition) is 1. The molecule has 2 heterocycles. The van der Waals surface area contributed by atoms with Gasteiger partial charge >= 0.3 is 0 Å². The van der Waals surface area contributed by atoms with E-state index in [1.807, 2.05) is 0 Å². The molecule has 0 atom stereocenters. The van der Waals surface area contributed by atoms with Crippen molar-refractivity contribution in [3.05, 3.63) is 43.0 Å². The van der Waals surface area contributed by atoms with Crippen LogP contribution in [0.25, 0.3) is 5.52 Å². The molecule has 0 aromatic carbocycles. The summed E-state index contributed by atoms with van der Waals surface area (Å²) in [6, 6.07) is 0. The van der Waals surface area contributed by atoms with Crippen LogP contribution in [0, 0.1) is 0 Å². The van der Waals surface area contributed by atoms with Crippen molar-refractivity contribution < 1.29 is 4.79 Å². The molecular weight excluding hydrogens is 192 g/mol. The van der Waals surface area contributed by atoms with E-state index < -0.39 is 0 Å². The predicted octanol–water partition coefficient (Wildman–Crippen LogP) is 0.645. The van der Waals surface area contributed by atoms with Crippen LogP contribution in [0.15, 0.2) is 37.4 Å². The van der Waals surface area contributed by atoms with Crippen LogP contribution >= 0.6 is 0 Å². The summed E-state index contributed by atoms with van der Waals surface area (Å²) in [7, 11) is 0. The Hall–Kier alpha value is -2.17. The molecule has 5 nitrogen and oxygen atoms in total. The maximum atomic E-state index is 11.6. The Morgan fingerprint density at radius 2 is 2.47 bits per heavy atom. The third kappa shape index (κ3) is 1.71. The second kappa shape index (κ2) is 3.91. The summed E-state index contributed by atoms with van der Waals surface area (Å²) in [6.45, 7) is 3.97. The molecule has 0 bridgehead atoms. The van der Waals surface area contributed by atoms with E-state index in [-0.39, 0.29) is 5.91 Å². The topological polar surface area (TPSA) is 59.3 Å². The van der Waals surface area contributed by atoms with Gasteiger partial charge in [0.05, 0.1) is 23.5 Å². The van der Waals surface area contributed by atoms with Gasteiger partial charge in [-0.15, -0.1) is 6.58 Å². The molecule has 5 heteroatoms. The molecule has 0 aliphatic carbocycles. The van der Waals surface area contributed by atoms with Gasteiger partial charge in [-0.25, -0.2) is 4.52 Å². The number of hydrogen-bond acceptors (Lipinski definition) is 3. The van der Waals surface area contributed by atoms with E-state index >= 15 is 0 Å². The highest BCUT2D eigenvalue weighted by Gasteiger charge is 2.10. The van der Waals surface area contributed by atoms with Crippen molar-refractivity contribution in [1.82, 2.24) is 19.9 Å². The molecule has 2 aromatic heterocycles. The van der Waals surface area contributed by atoms with Crippen LogP contribution in [0.5, 0.6) is 0 Å². The van der Waals surface area contributed by atoms with Gasteiger partial charge in [0.1, 0.15) is 0 Å². The maximum Gasteiger partial charge on any atom is 0.255 e. The zero-order chi connectivity index (χ0) is 10.7. The molecule has 76 valence electrons. The molecule has 0 unspecified atom stereocenters. The lowest BCUT2D eigenvalue weighted by molar-refractivity contribution is 0.0959. The first-order chi connectivity index (χ1) is 7.33. The van der Waals surface area contributed by atoms with Crippen molar-refractivity contribution in [1.29, 1.82) is 0 Å². The molecule has 0 saturated heterocycles. The second-order valence-electron chi connectivity index (χ2n) is 2.96. The molecular formula is C10H10N4O. The van der Waals surface area contributed by atoms with E-state index in [0.717, 1.165) is 0 Å². The van der Waals surface area contributed by atoms with E-state index in [9.17, 15) is 4.79 Å². The van der Waals surface area contributed by atoms with Crippen LogP contribution in [0.2, 0.25) is 0 Å². The van der Waals surface area contributed by atoms with Crippen LogP contribution in [0.4, 0.5) is 0 Å². The summed E-state index contributed by atoms with van der Waals surface area (Å²) < 4.78 is 1.61. The van der Waals surface area contributed by atoms with Crippen LogP contribution in [0.3, 0.4) is 0 Å². The molecule has 2 rings (SSSR count). The average molecular weight is 202 g/mol. The average Bonchev–Trinajstić information content (AvgIpc) is 2.69. The highest BCUT2D eigenvalue weighted by Crippen LogP contribution is 2.07. The highest BCUT2D eigenvalue weighted by atomic mass is 16.1. The first kappa shape index (κ1) is 9.39. The van der Waals surface area contributed by atoms with Gasteiger partial charge in [0.25, 0.3) is 5.91 Å². The minimum Gasteiger partial charge on any atom is -0.348 e. The van der Waals surface area contributed by atoms with Gasteiger partial charge in [-0.3, -0.25) is 9.78 Å². The van der Waals surface area contributed by atoms with Gasteiger partial charge in [0.15, 0.2) is 0 Å². The molecule has 0 radical (unpaired) electrons. The largest absolute Gasteiger partial charge is 0.348 e. The van der Waals surface area contributed by atoms with Crippen molar-refractivity contribution in [2.45, 2.75) is 0 Å². The molecule has 0 aliphatic heterocycles. The van der Waals surface area contributed by atoms with Gasteiger partial charge in [-0.1, -0.05) is 6.08 Å². The van der Waals surface area contributed by atoms with Gasteiger partial charge < -0.3 is 5.32 Å². The number of fused-ring (bicyclic) bond motifs is 1. The third-order valence-corrected chi connectivity index (χ3v) is 1.98. The summed E-state index contributed by atoms with van der Waals surface area (Å²) in [5, 5.41) is 6.73.